The van der Waals surface area contributed by atoms with E-state index < -0.39 is 30.3 Å². The van der Waals surface area contributed by atoms with Gasteiger partial charge in [0.1, 0.15) is 18.3 Å². The van der Waals surface area contributed by atoms with Crippen LogP contribution in [0.1, 0.15) is 33.1 Å². The molecule has 3 atom stereocenters. The standard InChI is InChI=1S/C5H6N2O.2C5H7NO3.C2H6/c1-7-4-5(8)2-3-6;2*1-6-3-4(7)2-5(8)9;1-2/h5,8H,2,4H2;2*4,7H,2-3H2,(H,8,9);1-2H3/t5-;2*4-;/m010./s1/i2*6+1;;. The molecule has 0 aromatic heterocycles. The minimum atomic E-state index is -1.08. The van der Waals surface area contributed by atoms with Crippen molar-refractivity contribution >= 4 is 11.9 Å². The van der Waals surface area contributed by atoms with Crippen LogP contribution >= 0.6 is 0 Å². The monoisotopic (exact) mass is 400 g/mol. The van der Waals surface area contributed by atoms with Gasteiger partial charge in [0.25, 0.3) is 0 Å². The number of aliphatic carboxylic acids is 2. The zero-order valence-electron chi connectivity index (χ0n) is 15.8. The van der Waals surface area contributed by atoms with Crippen molar-refractivity contribution < 1.29 is 35.1 Å². The predicted octanol–water partition coefficient (Wildman–Crippen LogP) is 0.689. The van der Waals surface area contributed by atoms with E-state index in [0.29, 0.717) is 0 Å². The summed E-state index contributed by atoms with van der Waals surface area (Å²) in [6.07, 6.45) is -3.41. The Hall–Kier alpha value is -3.22. The number of nitriles is 1. The van der Waals surface area contributed by atoms with Crippen molar-refractivity contribution in [2.45, 2.75) is 51.4 Å². The average Bonchev–Trinajstić information content (AvgIpc) is 2.57. The van der Waals surface area contributed by atoms with Crippen LogP contribution in [0.2, 0.25) is 0 Å². The summed E-state index contributed by atoms with van der Waals surface area (Å²) in [4.78, 5) is 28.2. The highest BCUT2D eigenvalue weighted by atomic mass is 16.4. The Morgan fingerprint density at radius 3 is 1.32 bits per heavy atom. The Morgan fingerprint density at radius 2 is 1.11 bits per heavy atom. The van der Waals surface area contributed by atoms with E-state index in [0.717, 1.165) is 0 Å². The molecule has 28 heavy (non-hydrogen) atoms. The van der Waals surface area contributed by atoms with Gasteiger partial charge < -0.3 is 40.1 Å². The zero-order chi connectivity index (χ0) is 23.0. The Kier molecular flexibility index (Phi) is 30.1. The smallest absolute Gasteiger partial charge is 0.306 e. The molecule has 0 aromatic rings. The number of aliphatic hydroxyl groups is 3. The fraction of sp³-hybridized carbons (Fsp3) is 0.647. The molecule has 0 spiro atoms. The molecular formula is C17H26N4O7. The molecule has 5 N–H and O–H groups in total. The topological polar surface area (TPSA) is 172 Å². The summed E-state index contributed by atoms with van der Waals surface area (Å²) in [7, 11) is 0. The van der Waals surface area contributed by atoms with Crippen molar-refractivity contribution in [1.29, 1.82) is 5.26 Å². The van der Waals surface area contributed by atoms with Crippen LogP contribution in [0.15, 0.2) is 0 Å². The summed E-state index contributed by atoms with van der Waals surface area (Å²) in [5.41, 5.74) is 0. The number of hydrogen-bond acceptors (Lipinski definition) is 6. The van der Waals surface area contributed by atoms with Crippen LogP contribution in [0, 0.1) is 31.0 Å². The van der Waals surface area contributed by atoms with Crippen molar-refractivity contribution in [1.82, 2.24) is 0 Å². The Morgan fingerprint density at radius 1 is 0.821 bits per heavy atom. The van der Waals surface area contributed by atoms with E-state index in [1.165, 1.54) is 0 Å². The predicted molar refractivity (Wildman–Crippen MR) is 98.5 cm³/mol. The molecule has 0 saturated carbocycles. The van der Waals surface area contributed by atoms with Gasteiger partial charge in [0.2, 0.25) is 19.6 Å². The summed E-state index contributed by atoms with van der Waals surface area (Å²) < 4.78 is 0. The van der Waals surface area contributed by atoms with Crippen LogP contribution in [0.3, 0.4) is 0 Å². The number of rotatable bonds is 8. The molecule has 0 fully saturated rings. The largest absolute Gasteiger partial charge is 0.481 e. The van der Waals surface area contributed by atoms with Gasteiger partial charge in [-0.2, -0.15) is 5.26 Å². The molecule has 0 aliphatic rings. The molecule has 0 amide bonds. The number of carbonyl (C=O) groups is 2. The lowest BCUT2D eigenvalue weighted by Crippen LogP contribution is -2.14. The van der Waals surface area contributed by atoms with E-state index in [1.807, 2.05) is 13.8 Å². The molecule has 0 heterocycles. The van der Waals surface area contributed by atoms with Crippen LogP contribution in [-0.4, -0.2) is 75.4 Å². The Bertz CT molecular complexity index is 520. The first-order valence-corrected chi connectivity index (χ1v) is 7.98. The van der Waals surface area contributed by atoms with Crippen LogP contribution in [0.4, 0.5) is 0 Å². The van der Waals surface area contributed by atoms with Gasteiger partial charge in [-0.05, 0) is 0 Å². The summed E-state index contributed by atoms with van der Waals surface area (Å²) >= 11 is 0. The Balaban J connectivity index is -0.000000148. The number of hydrogen-bond donors (Lipinski definition) is 5. The first kappa shape index (κ1) is 32.5. The number of carboxylic acids is 2. The second-order valence-electron chi connectivity index (χ2n) is 4.54. The van der Waals surface area contributed by atoms with Gasteiger partial charge in [0, 0.05) is 0 Å². The van der Waals surface area contributed by atoms with Gasteiger partial charge >= 0.3 is 11.9 Å². The van der Waals surface area contributed by atoms with Crippen molar-refractivity contribution in [3.05, 3.63) is 34.3 Å². The van der Waals surface area contributed by atoms with E-state index in [1.54, 1.807) is 6.07 Å². The second-order valence-corrected chi connectivity index (χ2v) is 4.54. The van der Waals surface area contributed by atoms with Crippen molar-refractivity contribution in [2.24, 2.45) is 0 Å². The fourth-order valence-electron chi connectivity index (χ4n) is 1.02. The summed E-state index contributed by atoms with van der Waals surface area (Å²) in [5, 5.41) is 49.9. The lowest BCUT2D eigenvalue weighted by atomic mass is 10.3. The highest BCUT2D eigenvalue weighted by Gasteiger charge is 2.11. The fourth-order valence-corrected chi connectivity index (χ4v) is 1.02. The maximum absolute atomic E-state index is 9.82. The molecule has 0 rings (SSSR count). The third kappa shape index (κ3) is 38.4. The lowest BCUT2D eigenvalue weighted by molar-refractivity contribution is -0.140. The first-order chi connectivity index (χ1) is 13.1. The van der Waals surface area contributed by atoms with E-state index in [2.05, 4.69) is 14.5 Å². The lowest BCUT2D eigenvalue weighted by Gasteiger charge is -1.96. The number of nitrogens with zero attached hydrogens (tertiary/aromatic N) is 4. The van der Waals surface area contributed by atoms with Gasteiger partial charge in [0.15, 0.2) is 0 Å². The third-order valence-corrected chi connectivity index (χ3v) is 2.05. The van der Waals surface area contributed by atoms with Crippen molar-refractivity contribution in [2.75, 3.05) is 19.6 Å². The van der Waals surface area contributed by atoms with Crippen molar-refractivity contribution in [3.8, 4) is 6.07 Å². The quantitative estimate of drug-likeness (QED) is 0.292. The molecule has 11 nitrogen and oxygen atoms in total. The molecule has 11 heteroatoms. The molecule has 0 aliphatic carbocycles. The summed E-state index contributed by atoms with van der Waals surface area (Å²) in [5.74, 6) is -2.16. The van der Waals surface area contributed by atoms with Gasteiger partial charge in [-0.3, -0.25) is 9.59 Å². The average molecular weight is 400 g/mol. The molecule has 0 bridgehead atoms. The maximum atomic E-state index is 9.82. The summed E-state index contributed by atoms with van der Waals surface area (Å²) in [6.45, 7) is 22.5. The number of aliphatic hydroxyl groups excluding tert-OH is 3. The van der Waals surface area contributed by atoms with E-state index >= 15 is 0 Å². The highest BCUT2D eigenvalue weighted by Crippen LogP contribution is 1.91. The highest BCUT2D eigenvalue weighted by molar-refractivity contribution is 5.67. The molecule has 0 aliphatic heterocycles. The maximum Gasteiger partial charge on any atom is 0.306 e. The molecule has 0 radical (unpaired) electrons. The van der Waals surface area contributed by atoms with E-state index in [9.17, 15) is 9.59 Å². The van der Waals surface area contributed by atoms with E-state index in [-0.39, 0.29) is 38.9 Å². The minimum Gasteiger partial charge on any atom is -0.481 e. The van der Waals surface area contributed by atoms with Gasteiger partial charge in [-0.15, -0.1) is 0 Å². The SMILES string of the molecule is CC.[C-]#[15N+]C[C@H](O)CC(=O)O.[C-]#[N+]C[C@@H](O)CC#[15N].[C-]#[N+]C[C@@H](O)CC(=O)O. The minimum absolute atomic E-state index is 0.0353. The first-order valence-electron chi connectivity index (χ1n) is 7.98. The number of carboxylic acid groups (broad SMARTS) is 2. The second kappa shape index (κ2) is 26.0. The van der Waals surface area contributed by atoms with Crippen LogP contribution in [-0.2, 0) is 9.59 Å². The van der Waals surface area contributed by atoms with Crippen LogP contribution < -0.4 is 0 Å². The molecular weight excluding hydrogens is 374 g/mol. The molecule has 0 aromatic carbocycles. The van der Waals surface area contributed by atoms with Gasteiger partial charge in [0.05, 0.1) is 25.3 Å². The van der Waals surface area contributed by atoms with Gasteiger partial charge in [-0.25, -0.2) is 19.7 Å². The normalized spacial score (nSPS) is 11.2. The van der Waals surface area contributed by atoms with Crippen LogP contribution in [0.25, 0.3) is 14.5 Å². The zero-order valence-corrected chi connectivity index (χ0v) is 15.8. The molecule has 0 unspecified atom stereocenters. The Labute approximate surface area is 164 Å². The van der Waals surface area contributed by atoms with Crippen LogP contribution in [0.5, 0.6) is 0 Å². The van der Waals surface area contributed by atoms with Crippen molar-refractivity contribution in [3.63, 3.8) is 0 Å². The van der Waals surface area contributed by atoms with Gasteiger partial charge in [-0.1, -0.05) is 13.8 Å². The third-order valence-electron chi connectivity index (χ3n) is 2.05. The molecule has 0 saturated heterocycles. The molecule has 156 valence electrons. The summed E-state index contributed by atoms with van der Waals surface area (Å²) in [6, 6.07) is 1.76. The van der Waals surface area contributed by atoms with E-state index in [4.69, 9.17) is 50.5 Å².